The second kappa shape index (κ2) is 12.5. The highest BCUT2D eigenvalue weighted by atomic mass is 16.5. The Kier molecular flexibility index (Phi) is 7.98. The molecule has 0 saturated heterocycles. The molecule has 0 atom stereocenters. The Morgan fingerprint density at radius 1 is 0.400 bits per heavy atom. The Balaban J connectivity index is 1.42. The molecule has 0 saturated carbocycles. The number of fused-ring (bicyclic) bond motifs is 7. The number of anilines is 4. The van der Waals surface area contributed by atoms with Gasteiger partial charge < -0.3 is 30.7 Å². The maximum atomic E-state index is 6.22. The summed E-state index contributed by atoms with van der Waals surface area (Å²) in [5.74, 6) is 1.27. The molecule has 4 aromatic carbocycles. The van der Waals surface area contributed by atoms with Crippen LogP contribution in [0.25, 0.3) is 0 Å². The van der Waals surface area contributed by atoms with Crippen molar-refractivity contribution in [2.45, 2.75) is 26.4 Å². The van der Waals surface area contributed by atoms with E-state index in [-0.39, 0.29) is 0 Å². The number of para-hydroxylation sites is 4. The van der Waals surface area contributed by atoms with Crippen molar-refractivity contribution in [2.24, 2.45) is 9.98 Å². The topological polar surface area (TPSA) is 91.3 Å². The molecule has 6 rings (SSSR count). The van der Waals surface area contributed by atoms with Crippen LogP contribution in [0.2, 0.25) is 0 Å². The molecule has 202 valence electrons. The second-order valence-corrected chi connectivity index (χ2v) is 9.57. The lowest BCUT2D eigenvalue weighted by Crippen LogP contribution is -2.25. The quantitative estimate of drug-likeness (QED) is 0.215. The number of nitrogens with zero attached hydrogens (tertiary/aromatic N) is 2. The highest BCUT2D eigenvalue weighted by molar-refractivity contribution is 6.05. The van der Waals surface area contributed by atoms with E-state index in [1.165, 1.54) is 0 Å². The average Bonchev–Trinajstić information content (AvgIpc) is 2.98. The van der Waals surface area contributed by atoms with Crippen LogP contribution in [0.1, 0.15) is 22.3 Å². The molecule has 0 amide bonds. The van der Waals surface area contributed by atoms with Gasteiger partial charge in [-0.05, 0) is 24.3 Å². The number of ether oxygens (including phenoxy) is 2. The fourth-order valence-electron chi connectivity index (χ4n) is 4.67. The van der Waals surface area contributed by atoms with E-state index in [0.717, 1.165) is 45.0 Å². The monoisotopic (exact) mass is 532 g/mol. The SMILES string of the molecule is c1ccc2c(c1)COCc1ccccc1NC1=NCCN=C(N2)Nc2ccccc2COCc2ccccc2N1. The van der Waals surface area contributed by atoms with E-state index in [1.807, 2.05) is 72.8 Å². The number of hydrogen-bond acceptors (Lipinski definition) is 8. The van der Waals surface area contributed by atoms with Gasteiger partial charge >= 0.3 is 0 Å². The van der Waals surface area contributed by atoms with E-state index in [0.29, 0.717) is 51.4 Å². The lowest BCUT2D eigenvalue weighted by molar-refractivity contribution is 0.108. The molecule has 0 unspecified atom stereocenters. The molecular weight excluding hydrogens is 500 g/mol. The molecule has 2 bridgehead atoms. The van der Waals surface area contributed by atoms with E-state index in [4.69, 9.17) is 19.5 Å². The van der Waals surface area contributed by atoms with Crippen LogP contribution in [0.3, 0.4) is 0 Å². The second-order valence-electron chi connectivity index (χ2n) is 9.57. The molecule has 2 aliphatic heterocycles. The molecular formula is C32H32N6O2. The van der Waals surface area contributed by atoms with E-state index < -0.39 is 0 Å². The van der Waals surface area contributed by atoms with Gasteiger partial charge in [-0.3, -0.25) is 9.98 Å². The van der Waals surface area contributed by atoms with Gasteiger partial charge in [-0.25, -0.2) is 0 Å². The molecule has 0 aromatic heterocycles. The summed E-state index contributed by atoms with van der Waals surface area (Å²) in [6, 6.07) is 32.5. The predicted molar refractivity (Wildman–Crippen MR) is 162 cm³/mol. The molecule has 0 aliphatic carbocycles. The third kappa shape index (κ3) is 6.31. The zero-order chi connectivity index (χ0) is 27.0. The molecule has 0 radical (unpaired) electrons. The van der Waals surface area contributed by atoms with Crippen LogP contribution in [0.5, 0.6) is 0 Å². The molecule has 2 aliphatic rings. The maximum Gasteiger partial charge on any atom is 0.200 e. The van der Waals surface area contributed by atoms with Gasteiger partial charge in [-0.1, -0.05) is 72.8 Å². The van der Waals surface area contributed by atoms with Crippen LogP contribution >= 0.6 is 0 Å². The molecule has 2 heterocycles. The van der Waals surface area contributed by atoms with Crippen LogP contribution in [0.4, 0.5) is 22.7 Å². The highest BCUT2D eigenvalue weighted by Crippen LogP contribution is 2.24. The molecule has 40 heavy (non-hydrogen) atoms. The van der Waals surface area contributed by atoms with Gasteiger partial charge in [0.25, 0.3) is 0 Å². The molecule has 8 nitrogen and oxygen atoms in total. The number of benzene rings is 4. The summed E-state index contributed by atoms with van der Waals surface area (Å²) in [7, 11) is 0. The minimum Gasteiger partial charge on any atom is -0.372 e. The minimum atomic E-state index is 0.446. The van der Waals surface area contributed by atoms with E-state index in [1.54, 1.807) is 0 Å². The molecule has 0 fully saturated rings. The number of rotatable bonds is 0. The molecule has 4 aromatic rings. The van der Waals surface area contributed by atoms with Gasteiger partial charge in [-0.2, -0.15) is 0 Å². The summed E-state index contributed by atoms with van der Waals surface area (Å²) in [4.78, 5) is 9.76. The fourth-order valence-corrected chi connectivity index (χ4v) is 4.67. The van der Waals surface area contributed by atoms with Gasteiger partial charge in [-0.15, -0.1) is 0 Å². The van der Waals surface area contributed by atoms with Crippen molar-refractivity contribution in [3.8, 4) is 0 Å². The summed E-state index contributed by atoms with van der Waals surface area (Å²) in [6.07, 6.45) is 0. The normalized spacial score (nSPS) is 15.8. The number of hydrogen-bond donors (Lipinski definition) is 4. The van der Waals surface area contributed by atoms with E-state index in [2.05, 4.69) is 45.5 Å². The molecule has 0 spiro atoms. The zero-order valence-corrected chi connectivity index (χ0v) is 22.2. The maximum absolute atomic E-state index is 6.22. The Morgan fingerprint density at radius 2 is 0.675 bits per heavy atom. The standard InChI is InChI=1S/C32H32N6O2/c1-5-13-27-23(9-1)19-39-20-24-10-2-6-14-28(24)37-32-34-18-17-33-31(35-27)36-29-15-7-3-11-25(29)21-40-22-26-12-4-8-16-30(26)38-32/h1-16H,17-22H2,(H2,33,35,36)(H2,34,37,38). The Morgan fingerprint density at radius 3 is 0.975 bits per heavy atom. The highest BCUT2D eigenvalue weighted by Gasteiger charge is 2.13. The molecule has 4 N–H and O–H groups in total. The first kappa shape index (κ1) is 25.6. The van der Waals surface area contributed by atoms with E-state index in [9.17, 15) is 0 Å². The van der Waals surface area contributed by atoms with Crippen molar-refractivity contribution in [3.63, 3.8) is 0 Å². The first-order chi connectivity index (χ1) is 19.8. The van der Waals surface area contributed by atoms with Gasteiger partial charge in [0.05, 0.1) is 39.5 Å². The number of nitrogens with one attached hydrogen (secondary N) is 4. The fraction of sp³-hybridized carbons (Fsp3) is 0.188. The Hall–Kier alpha value is -4.66. The Labute approximate surface area is 234 Å². The lowest BCUT2D eigenvalue weighted by Gasteiger charge is -2.19. The van der Waals surface area contributed by atoms with Gasteiger partial charge in [0.1, 0.15) is 0 Å². The van der Waals surface area contributed by atoms with E-state index >= 15 is 0 Å². The number of aliphatic imine (C=N–C) groups is 2. The summed E-state index contributed by atoms with van der Waals surface area (Å²) in [6.45, 7) is 2.73. The van der Waals surface area contributed by atoms with Crippen LogP contribution in [-0.4, -0.2) is 25.0 Å². The van der Waals surface area contributed by atoms with Crippen molar-refractivity contribution >= 4 is 34.7 Å². The Bertz CT molecular complexity index is 1320. The summed E-state index contributed by atoms with van der Waals surface area (Å²) >= 11 is 0. The lowest BCUT2D eigenvalue weighted by atomic mass is 10.1. The summed E-state index contributed by atoms with van der Waals surface area (Å²) in [5.41, 5.74) is 7.89. The van der Waals surface area contributed by atoms with Crippen molar-refractivity contribution in [3.05, 3.63) is 119 Å². The average molecular weight is 533 g/mol. The first-order valence-corrected chi connectivity index (χ1v) is 13.5. The predicted octanol–water partition coefficient (Wildman–Crippen LogP) is 6.21. The van der Waals surface area contributed by atoms with Crippen molar-refractivity contribution in [2.75, 3.05) is 34.4 Å². The van der Waals surface area contributed by atoms with Crippen molar-refractivity contribution < 1.29 is 9.47 Å². The van der Waals surface area contributed by atoms with Crippen LogP contribution in [0.15, 0.2) is 107 Å². The first-order valence-electron chi connectivity index (χ1n) is 13.5. The smallest absolute Gasteiger partial charge is 0.200 e. The van der Waals surface area contributed by atoms with Crippen molar-refractivity contribution in [1.29, 1.82) is 0 Å². The van der Waals surface area contributed by atoms with Gasteiger partial charge in [0, 0.05) is 45.0 Å². The van der Waals surface area contributed by atoms with Gasteiger partial charge in [0.2, 0.25) is 0 Å². The van der Waals surface area contributed by atoms with Crippen LogP contribution in [0, 0.1) is 0 Å². The zero-order valence-electron chi connectivity index (χ0n) is 22.2. The van der Waals surface area contributed by atoms with Crippen LogP contribution in [-0.2, 0) is 35.9 Å². The van der Waals surface area contributed by atoms with Crippen LogP contribution < -0.4 is 21.3 Å². The minimum absolute atomic E-state index is 0.446. The molecule has 8 heteroatoms. The third-order valence-electron chi connectivity index (χ3n) is 6.75. The van der Waals surface area contributed by atoms with Crippen molar-refractivity contribution in [1.82, 2.24) is 0 Å². The summed E-state index contributed by atoms with van der Waals surface area (Å²) < 4.78 is 12.4. The van der Waals surface area contributed by atoms with Gasteiger partial charge in [0.15, 0.2) is 11.9 Å². The third-order valence-corrected chi connectivity index (χ3v) is 6.75. The largest absolute Gasteiger partial charge is 0.372 e. The number of guanidine groups is 2. The summed E-state index contributed by atoms with van der Waals surface area (Å²) in [5, 5.41) is 14.0.